The maximum atomic E-state index is 8.95. The van der Waals surface area contributed by atoms with E-state index in [9.17, 15) is 0 Å². The van der Waals surface area contributed by atoms with Gasteiger partial charge in [0.2, 0.25) is 0 Å². The summed E-state index contributed by atoms with van der Waals surface area (Å²) in [6, 6.07) is 7.54. The Bertz CT molecular complexity index is 432. The fraction of sp³-hybridized carbons (Fsp3) is 0.500. The molecule has 1 aromatic carbocycles. The Kier molecular flexibility index (Phi) is 7.27. The number of halogens is 1. The summed E-state index contributed by atoms with van der Waals surface area (Å²) < 4.78 is 10.6. The van der Waals surface area contributed by atoms with Crippen molar-refractivity contribution in [3.63, 3.8) is 0 Å². The van der Waals surface area contributed by atoms with Crippen LogP contribution in [0.5, 0.6) is 5.75 Å². The van der Waals surface area contributed by atoms with Crippen molar-refractivity contribution in [2.24, 2.45) is 0 Å². The SMILES string of the molecule is CCC(C#N)Oc1ccc(Cl)cc1CNCCOC. The predicted octanol–water partition coefficient (Wildman–Crippen LogP) is 2.76. The molecule has 4 nitrogen and oxygen atoms in total. The summed E-state index contributed by atoms with van der Waals surface area (Å²) in [6.45, 7) is 3.94. The van der Waals surface area contributed by atoms with E-state index in [1.165, 1.54) is 0 Å². The zero-order valence-corrected chi connectivity index (χ0v) is 12.0. The van der Waals surface area contributed by atoms with Gasteiger partial charge in [0.15, 0.2) is 6.10 Å². The van der Waals surface area contributed by atoms with E-state index >= 15 is 0 Å². The van der Waals surface area contributed by atoms with Crippen LogP contribution in [0.15, 0.2) is 18.2 Å². The molecule has 0 saturated carbocycles. The predicted molar refractivity (Wildman–Crippen MR) is 75.4 cm³/mol. The van der Waals surface area contributed by atoms with Crippen LogP contribution in [0.3, 0.4) is 0 Å². The lowest BCUT2D eigenvalue weighted by Gasteiger charge is -2.15. The highest BCUT2D eigenvalue weighted by Crippen LogP contribution is 2.24. The molecular weight excluding hydrogens is 264 g/mol. The number of nitrogens with zero attached hydrogens (tertiary/aromatic N) is 1. The lowest BCUT2D eigenvalue weighted by atomic mass is 10.2. The van der Waals surface area contributed by atoms with E-state index < -0.39 is 6.10 Å². The third kappa shape index (κ3) is 5.48. The lowest BCUT2D eigenvalue weighted by molar-refractivity contribution is 0.198. The third-order valence-electron chi connectivity index (χ3n) is 2.60. The summed E-state index contributed by atoms with van der Waals surface area (Å²) >= 11 is 5.99. The topological polar surface area (TPSA) is 54.3 Å². The fourth-order valence-corrected chi connectivity index (χ4v) is 1.75. The summed E-state index contributed by atoms with van der Waals surface area (Å²) in [6.07, 6.45) is 0.217. The molecule has 0 aromatic heterocycles. The molecule has 1 N–H and O–H groups in total. The third-order valence-corrected chi connectivity index (χ3v) is 2.84. The van der Waals surface area contributed by atoms with Crippen LogP contribution in [-0.4, -0.2) is 26.4 Å². The number of benzene rings is 1. The van der Waals surface area contributed by atoms with Gasteiger partial charge in [0, 0.05) is 30.8 Å². The van der Waals surface area contributed by atoms with Crippen molar-refractivity contribution in [1.82, 2.24) is 5.32 Å². The van der Waals surface area contributed by atoms with Crippen molar-refractivity contribution in [1.29, 1.82) is 5.26 Å². The van der Waals surface area contributed by atoms with Gasteiger partial charge in [0.25, 0.3) is 0 Å². The van der Waals surface area contributed by atoms with E-state index in [1.807, 2.05) is 13.0 Å². The average molecular weight is 283 g/mol. The average Bonchev–Trinajstić information content (AvgIpc) is 2.43. The van der Waals surface area contributed by atoms with Gasteiger partial charge in [-0.1, -0.05) is 18.5 Å². The van der Waals surface area contributed by atoms with Crippen molar-refractivity contribution in [3.05, 3.63) is 28.8 Å². The van der Waals surface area contributed by atoms with E-state index in [2.05, 4.69) is 11.4 Å². The fourth-order valence-electron chi connectivity index (χ4n) is 1.55. The molecule has 0 bridgehead atoms. The monoisotopic (exact) mass is 282 g/mol. The minimum Gasteiger partial charge on any atom is -0.475 e. The van der Waals surface area contributed by atoms with Crippen LogP contribution in [0, 0.1) is 11.3 Å². The molecule has 5 heteroatoms. The van der Waals surface area contributed by atoms with Gasteiger partial charge in [-0.15, -0.1) is 0 Å². The van der Waals surface area contributed by atoms with Gasteiger partial charge in [0.1, 0.15) is 11.8 Å². The van der Waals surface area contributed by atoms with Gasteiger partial charge >= 0.3 is 0 Å². The quantitative estimate of drug-likeness (QED) is 0.745. The molecule has 0 amide bonds. The Morgan fingerprint density at radius 2 is 2.26 bits per heavy atom. The molecule has 1 atom stereocenters. The second-order valence-corrected chi connectivity index (χ2v) is 4.50. The maximum Gasteiger partial charge on any atom is 0.184 e. The van der Waals surface area contributed by atoms with Crippen molar-refractivity contribution < 1.29 is 9.47 Å². The molecule has 0 aliphatic rings. The Balaban J connectivity index is 2.71. The summed E-state index contributed by atoms with van der Waals surface area (Å²) in [4.78, 5) is 0. The molecule has 0 heterocycles. The van der Waals surface area contributed by atoms with Crippen molar-refractivity contribution in [3.8, 4) is 11.8 Å². The van der Waals surface area contributed by atoms with Crippen LogP contribution in [0.2, 0.25) is 5.02 Å². The molecular formula is C14H19ClN2O2. The normalized spacial score (nSPS) is 11.9. The van der Waals surface area contributed by atoms with Crippen molar-refractivity contribution in [2.75, 3.05) is 20.3 Å². The van der Waals surface area contributed by atoms with Gasteiger partial charge in [-0.2, -0.15) is 5.26 Å². The molecule has 0 aliphatic carbocycles. The Hall–Kier alpha value is -1.28. The summed E-state index contributed by atoms with van der Waals surface area (Å²) in [5, 5.41) is 12.8. The molecule has 0 saturated heterocycles. The number of nitriles is 1. The van der Waals surface area contributed by atoms with Gasteiger partial charge in [-0.25, -0.2) is 0 Å². The maximum absolute atomic E-state index is 8.95. The highest BCUT2D eigenvalue weighted by molar-refractivity contribution is 6.30. The van der Waals surface area contributed by atoms with E-state index in [0.29, 0.717) is 30.3 Å². The summed E-state index contributed by atoms with van der Waals surface area (Å²) in [5.41, 5.74) is 0.942. The van der Waals surface area contributed by atoms with Crippen LogP contribution in [0.25, 0.3) is 0 Å². The molecule has 19 heavy (non-hydrogen) atoms. The molecule has 0 aliphatic heterocycles. The minimum atomic E-state index is -0.432. The first-order valence-corrected chi connectivity index (χ1v) is 6.63. The molecule has 104 valence electrons. The van der Waals surface area contributed by atoms with Gasteiger partial charge in [-0.3, -0.25) is 0 Å². The number of hydrogen-bond acceptors (Lipinski definition) is 4. The van der Waals surface area contributed by atoms with Crippen LogP contribution in [0.4, 0.5) is 0 Å². The summed E-state index contributed by atoms with van der Waals surface area (Å²) in [5.74, 6) is 0.697. The number of ether oxygens (including phenoxy) is 2. The Labute approximate surface area is 119 Å². The Morgan fingerprint density at radius 3 is 2.89 bits per heavy atom. The first-order valence-electron chi connectivity index (χ1n) is 6.25. The molecule has 1 unspecified atom stereocenters. The standard InChI is InChI=1S/C14H19ClN2O2/c1-3-13(9-16)19-14-5-4-12(15)8-11(14)10-17-6-7-18-2/h4-5,8,13,17H,3,6-7,10H2,1-2H3. The zero-order chi connectivity index (χ0) is 14.1. The van der Waals surface area contributed by atoms with Gasteiger partial charge < -0.3 is 14.8 Å². The molecule has 0 radical (unpaired) electrons. The first-order chi connectivity index (χ1) is 9.21. The number of hydrogen-bond donors (Lipinski definition) is 1. The smallest absolute Gasteiger partial charge is 0.184 e. The van der Waals surface area contributed by atoms with Crippen LogP contribution in [-0.2, 0) is 11.3 Å². The molecule has 0 spiro atoms. The van der Waals surface area contributed by atoms with E-state index in [0.717, 1.165) is 12.1 Å². The second-order valence-electron chi connectivity index (χ2n) is 4.07. The minimum absolute atomic E-state index is 0.432. The first kappa shape index (κ1) is 15.8. The van der Waals surface area contributed by atoms with Crippen LogP contribution in [0.1, 0.15) is 18.9 Å². The summed E-state index contributed by atoms with van der Waals surface area (Å²) in [7, 11) is 1.66. The largest absolute Gasteiger partial charge is 0.475 e. The molecule has 1 aromatic rings. The van der Waals surface area contributed by atoms with Crippen LogP contribution >= 0.6 is 11.6 Å². The number of nitrogens with one attached hydrogen (secondary N) is 1. The van der Waals surface area contributed by atoms with E-state index in [-0.39, 0.29) is 0 Å². The molecule has 0 fully saturated rings. The highest BCUT2D eigenvalue weighted by atomic mass is 35.5. The van der Waals surface area contributed by atoms with Crippen LogP contribution < -0.4 is 10.1 Å². The zero-order valence-electron chi connectivity index (χ0n) is 11.3. The van der Waals surface area contributed by atoms with Gasteiger partial charge in [0.05, 0.1) is 6.61 Å². The van der Waals surface area contributed by atoms with E-state index in [4.69, 9.17) is 26.3 Å². The number of rotatable bonds is 8. The van der Waals surface area contributed by atoms with Crippen molar-refractivity contribution in [2.45, 2.75) is 26.0 Å². The number of methoxy groups -OCH3 is 1. The highest BCUT2D eigenvalue weighted by Gasteiger charge is 2.10. The Morgan fingerprint density at radius 1 is 1.47 bits per heavy atom. The lowest BCUT2D eigenvalue weighted by Crippen LogP contribution is -2.20. The van der Waals surface area contributed by atoms with Crippen molar-refractivity contribution >= 4 is 11.6 Å². The van der Waals surface area contributed by atoms with E-state index in [1.54, 1.807) is 19.2 Å². The second kappa shape index (κ2) is 8.76. The molecule has 1 rings (SSSR count). The van der Waals surface area contributed by atoms with Gasteiger partial charge in [-0.05, 0) is 24.6 Å².